The zero-order valence-electron chi connectivity index (χ0n) is 11.3. The van der Waals surface area contributed by atoms with Crippen LogP contribution in [0.2, 0.25) is 0 Å². The lowest BCUT2D eigenvalue weighted by atomic mass is 9.72. The Balaban J connectivity index is 1.84. The van der Waals surface area contributed by atoms with Gasteiger partial charge in [0.1, 0.15) is 11.5 Å². The number of fused-ring (bicyclic) bond motifs is 2. The SMILES string of the molecule is NC1CC(c2c3c(cc4c2OCCC4)OCCC3)C1. The summed E-state index contributed by atoms with van der Waals surface area (Å²) < 4.78 is 11.9. The average Bonchev–Trinajstić information content (AvgIpc) is 2.42. The van der Waals surface area contributed by atoms with Crippen LogP contribution in [0, 0.1) is 0 Å². The van der Waals surface area contributed by atoms with E-state index >= 15 is 0 Å². The minimum absolute atomic E-state index is 0.379. The first-order valence-corrected chi connectivity index (χ1v) is 7.53. The predicted octanol–water partition coefficient (Wildman–Crippen LogP) is 2.54. The molecule has 19 heavy (non-hydrogen) atoms. The number of benzene rings is 1. The maximum absolute atomic E-state index is 6.02. The van der Waals surface area contributed by atoms with Gasteiger partial charge in [0.15, 0.2) is 0 Å². The molecule has 2 aliphatic heterocycles. The fraction of sp³-hybridized carbons (Fsp3) is 0.625. The first kappa shape index (κ1) is 11.6. The van der Waals surface area contributed by atoms with Crippen molar-refractivity contribution in [3.05, 3.63) is 22.8 Å². The highest BCUT2D eigenvalue weighted by Crippen LogP contribution is 2.48. The van der Waals surface area contributed by atoms with Crippen molar-refractivity contribution in [1.29, 1.82) is 0 Å². The number of rotatable bonds is 1. The molecule has 1 aliphatic carbocycles. The Labute approximate surface area is 114 Å². The molecule has 1 aromatic rings. The van der Waals surface area contributed by atoms with Crippen molar-refractivity contribution < 1.29 is 9.47 Å². The monoisotopic (exact) mass is 259 g/mol. The molecular formula is C16H21NO2. The van der Waals surface area contributed by atoms with E-state index in [1.165, 1.54) is 22.4 Å². The minimum atomic E-state index is 0.379. The first-order chi connectivity index (χ1) is 9.33. The zero-order chi connectivity index (χ0) is 12.8. The highest BCUT2D eigenvalue weighted by Gasteiger charge is 2.35. The fourth-order valence-corrected chi connectivity index (χ4v) is 3.69. The molecule has 3 heteroatoms. The molecule has 0 bridgehead atoms. The summed E-state index contributed by atoms with van der Waals surface area (Å²) in [6.45, 7) is 1.72. The largest absolute Gasteiger partial charge is 0.493 e. The van der Waals surface area contributed by atoms with E-state index in [0.29, 0.717) is 12.0 Å². The van der Waals surface area contributed by atoms with Crippen molar-refractivity contribution in [2.75, 3.05) is 13.2 Å². The molecule has 3 nitrogen and oxygen atoms in total. The highest BCUT2D eigenvalue weighted by atomic mass is 16.5. The molecule has 2 heterocycles. The van der Waals surface area contributed by atoms with Gasteiger partial charge in [-0.15, -0.1) is 0 Å². The first-order valence-electron chi connectivity index (χ1n) is 7.53. The molecule has 0 saturated heterocycles. The number of hydrogen-bond acceptors (Lipinski definition) is 3. The Hall–Kier alpha value is -1.22. The normalized spacial score (nSPS) is 28.5. The van der Waals surface area contributed by atoms with E-state index in [9.17, 15) is 0 Å². The standard InChI is InChI=1S/C16H21NO2/c17-12-7-11(8-12)15-13-4-2-5-18-14(13)9-10-3-1-6-19-16(10)15/h9,11-12H,1-8,17H2. The van der Waals surface area contributed by atoms with Crippen molar-refractivity contribution in [2.24, 2.45) is 5.73 Å². The summed E-state index contributed by atoms with van der Waals surface area (Å²) in [5, 5.41) is 0. The molecule has 102 valence electrons. The number of nitrogens with two attached hydrogens (primary N) is 1. The van der Waals surface area contributed by atoms with Crippen molar-refractivity contribution in [3.63, 3.8) is 0 Å². The lowest BCUT2D eigenvalue weighted by Gasteiger charge is -2.38. The van der Waals surface area contributed by atoms with Crippen LogP contribution in [0.1, 0.15) is 48.3 Å². The Morgan fingerprint density at radius 1 is 1.05 bits per heavy atom. The van der Waals surface area contributed by atoms with Crippen LogP contribution in [-0.2, 0) is 12.8 Å². The summed E-state index contributed by atoms with van der Waals surface area (Å²) in [7, 11) is 0. The van der Waals surface area contributed by atoms with Crippen LogP contribution < -0.4 is 15.2 Å². The molecule has 1 fully saturated rings. The van der Waals surface area contributed by atoms with Crippen LogP contribution >= 0.6 is 0 Å². The maximum Gasteiger partial charge on any atom is 0.126 e. The molecule has 0 amide bonds. The number of aryl methyl sites for hydroxylation is 1. The van der Waals surface area contributed by atoms with Gasteiger partial charge in [-0.2, -0.15) is 0 Å². The molecule has 0 atom stereocenters. The fourth-order valence-electron chi connectivity index (χ4n) is 3.69. The van der Waals surface area contributed by atoms with Crippen LogP contribution in [0.3, 0.4) is 0 Å². The third kappa shape index (κ3) is 1.83. The van der Waals surface area contributed by atoms with Crippen LogP contribution in [-0.4, -0.2) is 19.3 Å². The predicted molar refractivity (Wildman–Crippen MR) is 74.0 cm³/mol. The van der Waals surface area contributed by atoms with Gasteiger partial charge in [-0.05, 0) is 56.1 Å². The molecule has 0 aromatic heterocycles. The van der Waals surface area contributed by atoms with Gasteiger partial charge >= 0.3 is 0 Å². The quantitative estimate of drug-likeness (QED) is 0.843. The van der Waals surface area contributed by atoms with Crippen molar-refractivity contribution in [1.82, 2.24) is 0 Å². The Morgan fingerprint density at radius 3 is 2.68 bits per heavy atom. The minimum Gasteiger partial charge on any atom is -0.493 e. The summed E-state index contributed by atoms with van der Waals surface area (Å²) >= 11 is 0. The van der Waals surface area contributed by atoms with Gasteiger partial charge in [-0.3, -0.25) is 0 Å². The lowest BCUT2D eigenvalue weighted by molar-refractivity contribution is 0.257. The molecule has 4 rings (SSSR count). The van der Waals surface area contributed by atoms with E-state index in [0.717, 1.165) is 57.5 Å². The molecule has 2 N–H and O–H groups in total. The summed E-state index contributed by atoms with van der Waals surface area (Å²) in [5.74, 6) is 2.89. The van der Waals surface area contributed by atoms with Crippen LogP contribution in [0.25, 0.3) is 0 Å². The van der Waals surface area contributed by atoms with E-state index in [1.807, 2.05) is 0 Å². The Morgan fingerprint density at radius 2 is 1.84 bits per heavy atom. The molecule has 0 unspecified atom stereocenters. The van der Waals surface area contributed by atoms with Crippen molar-refractivity contribution in [2.45, 2.75) is 50.5 Å². The summed E-state index contributed by atoms with van der Waals surface area (Å²) in [5.41, 5.74) is 10.2. The second kappa shape index (κ2) is 4.41. The van der Waals surface area contributed by atoms with Crippen molar-refractivity contribution in [3.8, 4) is 11.5 Å². The molecule has 0 spiro atoms. The molecule has 0 radical (unpaired) electrons. The third-order valence-corrected chi connectivity index (χ3v) is 4.71. The van der Waals surface area contributed by atoms with E-state index in [1.54, 1.807) is 0 Å². The second-order valence-corrected chi connectivity index (χ2v) is 6.09. The van der Waals surface area contributed by atoms with Crippen LogP contribution in [0.5, 0.6) is 11.5 Å². The maximum atomic E-state index is 6.02. The summed E-state index contributed by atoms with van der Waals surface area (Å²) in [6, 6.07) is 2.61. The van der Waals surface area contributed by atoms with Gasteiger partial charge in [-0.25, -0.2) is 0 Å². The molecule has 1 aromatic carbocycles. The van der Waals surface area contributed by atoms with E-state index in [4.69, 9.17) is 15.2 Å². The van der Waals surface area contributed by atoms with E-state index < -0.39 is 0 Å². The van der Waals surface area contributed by atoms with Crippen molar-refractivity contribution >= 4 is 0 Å². The zero-order valence-corrected chi connectivity index (χ0v) is 11.3. The molecular weight excluding hydrogens is 238 g/mol. The van der Waals surface area contributed by atoms with Gasteiger partial charge in [-0.1, -0.05) is 0 Å². The summed E-state index contributed by atoms with van der Waals surface area (Å²) in [6.07, 6.45) is 6.70. The topological polar surface area (TPSA) is 44.5 Å². The van der Waals surface area contributed by atoms with E-state index in [-0.39, 0.29) is 0 Å². The second-order valence-electron chi connectivity index (χ2n) is 6.09. The van der Waals surface area contributed by atoms with Gasteiger partial charge in [0.25, 0.3) is 0 Å². The highest BCUT2D eigenvalue weighted by molar-refractivity contribution is 5.57. The Bertz CT molecular complexity index is 472. The van der Waals surface area contributed by atoms with Gasteiger partial charge in [0.2, 0.25) is 0 Å². The van der Waals surface area contributed by atoms with E-state index in [2.05, 4.69) is 6.07 Å². The lowest BCUT2D eigenvalue weighted by Crippen LogP contribution is -2.36. The van der Waals surface area contributed by atoms with Gasteiger partial charge in [0, 0.05) is 17.2 Å². The van der Waals surface area contributed by atoms with Gasteiger partial charge in [0.05, 0.1) is 13.2 Å². The molecule has 1 saturated carbocycles. The van der Waals surface area contributed by atoms with Crippen LogP contribution in [0.4, 0.5) is 0 Å². The van der Waals surface area contributed by atoms with Gasteiger partial charge < -0.3 is 15.2 Å². The third-order valence-electron chi connectivity index (χ3n) is 4.71. The summed E-state index contributed by atoms with van der Waals surface area (Å²) in [4.78, 5) is 0. The Kier molecular flexibility index (Phi) is 2.69. The molecule has 3 aliphatic rings. The van der Waals surface area contributed by atoms with Crippen LogP contribution in [0.15, 0.2) is 6.07 Å². The smallest absolute Gasteiger partial charge is 0.126 e. The average molecular weight is 259 g/mol. The number of ether oxygens (including phenoxy) is 2. The number of hydrogen-bond donors (Lipinski definition) is 1.